The highest BCUT2D eigenvalue weighted by Crippen LogP contribution is 2.32. The molecule has 0 aliphatic carbocycles. The molecule has 0 radical (unpaired) electrons. The highest BCUT2D eigenvalue weighted by atomic mass is 32.2. The van der Waals surface area contributed by atoms with E-state index in [1.165, 1.54) is 15.4 Å². The van der Waals surface area contributed by atoms with Gasteiger partial charge in [-0.15, -0.1) is 11.8 Å². The van der Waals surface area contributed by atoms with Crippen molar-refractivity contribution >= 4 is 23.6 Å². The van der Waals surface area contributed by atoms with E-state index in [9.17, 15) is 9.59 Å². The van der Waals surface area contributed by atoms with E-state index < -0.39 is 0 Å². The highest BCUT2D eigenvalue weighted by molar-refractivity contribution is 8.00. The third-order valence-electron chi connectivity index (χ3n) is 3.79. The summed E-state index contributed by atoms with van der Waals surface area (Å²) in [4.78, 5) is 26.4. The van der Waals surface area contributed by atoms with E-state index in [1.54, 1.807) is 11.8 Å². The molecule has 1 aliphatic rings. The molecule has 5 heteroatoms. The molecule has 0 aromatic heterocycles. The number of hydrogen-bond donors (Lipinski definition) is 1. The minimum atomic E-state index is -0.0524. The number of aryl methyl sites for hydroxylation is 2. The maximum Gasteiger partial charge on any atom is 0.229 e. The van der Waals surface area contributed by atoms with E-state index in [1.807, 2.05) is 7.05 Å². The van der Waals surface area contributed by atoms with Crippen LogP contribution in [0.5, 0.6) is 0 Å². The number of imide groups is 1. The molecule has 0 spiro atoms. The second kappa shape index (κ2) is 7.29. The molecule has 1 aromatic rings. The Morgan fingerprint density at radius 1 is 1.23 bits per heavy atom. The number of hydrogen-bond acceptors (Lipinski definition) is 4. The van der Waals surface area contributed by atoms with Crippen molar-refractivity contribution in [2.75, 3.05) is 13.6 Å². The highest BCUT2D eigenvalue weighted by Gasteiger charge is 2.29. The van der Waals surface area contributed by atoms with E-state index in [0.29, 0.717) is 24.6 Å². The van der Waals surface area contributed by atoms with Gasteiger partial charge in [-0.25, -0.2) is 0 Å². The molecule has 1 atom stereocenters. The summed E-state index contributed by atoms with van der Waals surface area (Å²) in [6.45, 7) is 7.64. The van der Waals surface area contributed by atoms with Gasteiger partial charge >= 0.3 is 0 Å². The van der Waals surface area contributed by atoms with Crippen molar-refractivity contribution in [2.24, 2.45) is 0 Å². The lowest BCUT2D eigenvalue weighted by molar-refractivity contribution is -0.139. The molecule has 120 valence electrons. The summed E-state index contributed by atoms with van der Waals surface area (Å²) in [6, 6.07) is 4.26. The number of likely N-dealkylation sites (tertiary alicyclic amines) is 1. The Morgan fingerprint density at radius 3 is 2.45 bits per heavy atom. The van der Waals surface area contributed by atoms with Crippen LogP contribution in [0.3, 0.4) is 0 Å². The minimum absolute atomic E-state index is 0.0524. The second-order valence-corrected chi connectivity index (χ2v) is 7.38. The first-order valence-corrected chi connectivity index (χ1v) is 8.55. The first kappa shape index (κ1) is 17.0. The lowest BCUT2D eigenvalue weighted by Gasteiger charge is -2.21. The average molecular weight is 320 g/mol. The molecule has 0 saturated carbocycles. The number of thioether (sulfide) groups is 1. The van der Waals surface area contributed by atoms with Gasteiger partial charge in [0.25, 0.3) is 0 Å². The molecule has 2 rings (SSSR count). The minimum Gasteiger partial charge on any atom is -0.319 e. The van der Waals surface area contributed by atoms with Crippen LogP contribution in [0.4, 0.5) is 0 Å². The Kier molecular flexibility index (Phi) is 5.64. The lowest BCUT2D eigenvalue weighted by Crippen LogP contribution is -2.29. The molecule has 4 nitrogen and oxygen atoms in total. The quantitative estimate of drug-likeness (QED) is 0.647. The fraction of sp³-hybridized carbons (Fsp3) is 0.529. The standard InChI is InChI=1S/C17H24N2O2S/c1-11-7-12(2)17(22-13(3)9-18-4)14(8-11)10-19-15(20)5-6-16(19)21/h7-8,13,18H,5-6,9-10H2,1-4H3. The Bertz CT molecular complexity index is 570. The Labute approximate surface area is 136 Å². The molecule has 1 unspecified atom stereocenters. The zero-order valence-electron chi connectivity index (χ0n) is 13.7. The van der Waals surface area contributed by atoms with Gasteiger partial charge in [0.1, 0.15) is 0 Å². The topological polar surface area (TPSA) is 49.4 Å². The van der Waals surface area contributed by atoms with Crippen LogP contribution in [0.15, 0.2) is 17.0 Å². The summed E-state index contributed by atoms with van der Waals surface area (Å²) in [5.74, 6) is -0.105. The summed E-state index contributed by atoms with van der Waals surface area (Å²) < 4.78 is 0. The van der Waals surface area contributed by atoms with E-state index in [0.717, 1.165) is 17.7 Å². The van der Waals surface area contributed by atoms with E-state index in [-0.39, 0.29) is 11.8 Å². The molecule has 1 heterocycles. The Balaban J connectivity index is 2.28. The van der Waals surface area contributed by atoms with Crippen LogP contribution in [0.2, 0.25) is 0 Å². The zero-order valence-corrected chi connectivity index (χ0v) is 14.5. The summed E-state index contributed by atoms with van der Waals surface area (Å²) in [5, 5.41) is 3.61. The van der Waals surface area contributed by atoms with Crippen LogP contribution in [0, 0.1) is 13.8 Å². The van der Waals surface area contributed by atoms with Gasteiger partial charge in [0, 0.05) is 29.5 Å². The van der Waals surface area contributed by atoms with Gasteiger partial charge in [-0.05, 0) is 32.0 Å². The van der Waals surface area contributed by atoms with Crippen molar-refractivity contribution in [2.45, 2.75) is 50.3 Å². The van der Waals surface area contributed by atoms with Gasteiger partial charge < -0.3 is 5.32 Å². The molecular formula is C17H24N2O2S. The van der Waals surface area contributed by atoms with Crippen LogP contribution in [0.25, 0.3) is 0 Å². The molecule has 1 N–H and O–H groups in total. The fourth-order valence-corrected chi connectivity index (χ4v) is 4.00. The van der Waals surface area contributed by atoms with E-state index in [2.05, 4.69) is 38.2 Å². The van der Waals surface area contributed by atoms with Crippen molar-refractivity contribution in [3.8, 4) is 0 Å². The first-order valence-electron chi connectivity index (χ1n) is 7.67. The monoisotopic (exact) mass is 320 g/mol. The van der Waals surface area contributed by atoms with Crippen molar-refractivity contribution in [1.29, 1.82) is 0 Å². The number of benzene rings is 1. The van der Waals surface area contributed by atoms with Crippen molar-refractivity contribution in [3.05, 3.63) is 28.8 Å². The number of carbonyl (C=O) groups excluding carboxylic acids is 2. The third-order valence-corrected chi connectivity index (χ3v) is 5.18. The Morgan fingerprint density at radius 2 is 1.86 bits per heavy atom. The van der Waals surface area contributed by atoms with E-state index >= 15 is 0 Å². The van der Waals surface area contributed by atoms with Gasteiger partial charge in [0.05, 0.1) is 6.54 Å². The van der Waals surface area contributed by atoms with Crippen LogP contribution < -0.4 is 5.32 Å². The van der Waals surface area contributed by atoms with Crippen molar-refractivity contribution in [3.63, 3.8) is 0 Å². The van der Waals surface area contributed by atoms with Gasteiger partial charge in [-0.3, -0.25) is 14.5 Å². The predicted octanol–water partition coefficient (Wildman–Crippen LogP) is 2.65. The molecule has 1 fully saturated rings. The van der Waals surface area contributed by atoms with Gasteiger partial charge in [-0.1, -0.05) is 24.6 Å². The second-order valence-electron chi connectivity index (χ2n) is 5.93. The zero-order chi connectivity index (χ0) is 16.3. The van der Waals surface area contributed by atoms with E-state index in [4.69, 9.17) is 0 Å². The summed E-state index contributed by atoms with van der Waals surface area (Å²) in [5.41, 5.74) is 3.45. The Hall–Kier alpha value is -1.33. The normalized spacial score (nSPS) is 16.5. The molecular weight excluding hydrogens is 296 g/mol. The largest absolute Gasteiger partial charge is 0.319 e. The molecule has 1 aliphatic heterocycles. The first-order chi connectivity index (χ1) is 10.4. The number of amides is 2. The maximum atomic E-state index is 11.9. The molecule has 2 amide bonds. The summed E-state index contributed by atoms with van der Waals surface area (Å²) >= 11 is 1.80. The number of nitrogens with one attached hydrogen (secondary N) is 1. The van der Waals surface area contributed by atoms with Crippen LogP contribution in [-0.4, -0.2) is 35.6 Å². The summed E-state index contributed by atoms with van der Waals surface area (Å²) in [7, 11) is 1.95. The molecule has 0 bridgehead atoms. The van der Waals surface area contributed by atoms with Gasteiger partial charge in [-0.2, -0.15) is 0 Å². The SMILES string of the molecule is CNCC(C)Sc1c(C)cc(C)cc1CN1C(=O)CCC1=O. The smallest absolute Gasteiger partial charge is 0.229 e. The predicted molar refractivity (Wildman–Crippen MR) is 90.0 cm³/mol. The van der Waals surface area contributed by atoms with Crippen molar-refractivity contribution < 1.29 is 9.59 Å². The van der Waals surface area contributed by atoms with Gasteiger partial charge in [0.2, 0.25) is 11.8 Å². The summed E-state index contributed by atoms with van der Waals surface area (Å²) in [6.07, 6.45) is 0.699. The fourth-order valence-electron chi connectivity index (χ4n) is 2.83. The lowest BCUT2D eigenvalue weighted by atomic mass is 10.1. The number of carbonyl (C=O) groups is 2. The maximum absolute atomic E-state index is 11.9. The molecule has 1 aromatic carbocycles. The third kappa shape index (κ3) is 3.90. The number of nitrogens with zero attached hydrogens (tertiary/aromatic N) is 1. The molecule has 1 saturated heterocycles. The van der Waals surface area contributed by atoms with Crippen LogP contribution in [-0.2, 0) is 16.1 Å². The molecule has 22 heavy (non-hydrogen) atoms. The average Bonchev–Trinajstić information content (AvgIpc) is 2.74. The van der Waals surface area contributed by atoms with Crippen molar-refractivity contribution in [1.82, 2.24) is 10.2 Å². The van der Waals surface area contributed by atoms with Crippen LogP contribution in [0.1, 0.15) is 36.5 Å². The van der Waals surface area contributed by atoms with Crippen LogP contribution >= 0.6 is 11.8 Å². The van der Waals surface area contributed by atoms with Gasteiger partial charge in [0.15, 0.2) is 0 Å². The number of rotatable bonds is 6.